The Hall–Kier alpha value is -0.120. The SMILES string of the molecule is CC(C)C1OCCC(CO)O1. The summed E-state index contributed by atoms with van der Waals surface area (Å²) in [7, 11) is 0. The number of rotatable bonds is 2. The van der Waals surface area contributed by atoms with E-state index in [1.54, 1.807) is 0 Å². The molecule has 3 heteroatoms. The predicted molar refractivity (Wildman–Crippen MR) is 41.2 cm³/mol. The lowest BCUT2D eigenvalue weighted by Gasteiger charge is -2.31. The maximum Gasteiger partial charge on any atom is 0.160 e. The third-order valence-electron chi connectivity index (χ3n) is 1.80. The Balaban J connectivity index is 2.33. The molecule has 0 saturated carbocycles. The van der Waals surface area contributed by atoms with Gasteiger partial charge in [-0.25, -0.2) is 0 Å². The van der Waals surface area contributed by atoms with Gasteiger partial charge in [0.25, 0.3) is 0 Å². The third-order valence-corrected chi connectivity index (χ3v) is 1.80. The van der Waals surface area contributed by atoms with Gasteiger partial charge < -0.3 is 14.6 Å². The van der Waals surface area contributed by atoms with Crippen LogP contribution in [0.1, 0.15) is 20.3 Å². The summed E-state index contributed by atoms with van der Waals surface area (Å²) >= 11 is 0. The van der Waals surface area contributed by atoms with E-state index < -0.39 is 0 Å². The van der Waals surface area contributed by atoms with Crippen molar-refractivity contribution in [2.75, 3.05) is 13.2 Å². The monoisotopic (exact) mass is 160 g/mol. The molecule has 2 unspecified atom stereocenters. The van der Waals surface area contributed by atoms with Crippen molar-refractivity contribution in [3.05, 3.63) is 0 Å². The topological polar surface area (TPSA) is 38.7 Å². The normalized spacial score (nSPS) is 32.7. The second kappa shape index (κ2) is 4.04. The average Bonchev–Trinajstić information content (AvgIpc) is 2.05. The summed E-state index contributed by atoms with van der Waals surface area (Å²) in [4.78, 5) is 0. The van der Waals surface area contributed by atoms with E-state index in [0.29, 0.717) is 12.5 Å². The molecular formula is C8H16O3. The number of aliphatic hydroxyl groups excluding tert-OH is 1. The molecule has 66 valence electrons. The lowest BCUT2D eigenvalue weighted by molar-refractivity contribution is -0.236. The zero-order chi connectivity index (χ0) is 8.27. The van der Waals surface area contributed by atoms with E-state index in [9.17, 15) is 0 Å². The molecule has 1 N–H and O–H groups in total. The molecule has 0 bridgehead atoms. The fraction of sp³-hybridized carbons (Fsp3) is 1.00. The molecule has 0 aromatic heterocycles. The quantitative estimate of drug-likeness (QED) is 0.648. The molecule has 1 aliphatic heterocycles. The smallest absolute Gasteiger partial charge is 0.160 e. The van der Waals surface area contributed by atoms with Gasteiger partial charge in [-0.3, -0.25) is 0 Å². The van der Waals surface area contributed by atoms with Crippen LogP contribution >= 0.6 is 0 Å². The minimum Gasteiger partial charge on any atom is -0.394 e. The molecule has 0 aromatic carbocycles. The van der Waals surface area contributed by atoms with Crippen molar-refractivity contribution in [3.8, 4) is 0 Å². The van der Waals surface area contributed by atoms with Crippen molar-refractivity contribution in [1.82, 2.24) is 0 Å². The Bertz CT molecular complexity index is 114. The van der Waals surface area contributed by atoms with Crippen LogP contribution in [0.25, 0.3) is 0 Å². The largest absolute Gasteiger partial charge is 0.394 e. The summed E-state index contributed by atoms with van der Waals surface area (Å²) in [6, 6.07) is 0. The number of aliphatic hydroxyl groups is 1. The molecule has 1 rings (SSSR count). The molecule has 1 heterocycles. The van der Waals surface area contributed by atoms with Crippen LogP contribution in [0.3, 0.4) is 0 Å². The van der Waals surface area contributed by atoms with Crippen molar-refractivity contribution in [3.63, 3.8) is 0 Å². The second-order valence-electron chi connectivity index (χ2n) is 3.21. The molecule has 1 fully saturated rings. The van der Waals surface area contributed by atoms with Crippen molar-refractivity contribution in [2.45, 2.75) is 32.7 Å². The van der Waals surface area contributed by atoms with Crippen LogP contribution in [0, 0.1) is 5.92 Å². The van der Waals surface area contributed by atoms with E-state index in [4.69, 9.17) is 14.6 Å². The van der Waals surface area contributed by atoms with E-state index in [1.807, 2.05) is 13.8 Å². The zero-order valence-corrected chi connectivity index (χ0v) is 7.12. The van der Waals surface area contributed by atoms with Crippen LogP contribution in [0.4, 0.5) is 0 Å². The van der Waals surface area contributed by atoms with Crippen LogP contribution in [0.5, 0.6) is 0 Å². The Labute approximate surface area is 67.3 Å². The van der Waals surface area contributed by atoms with Crippen LogP contribution in [0.2, 0.25) is 0 Å². The van der Waals surface area contributed by atoms with Crippen molar-refractivity contribution >= 4 is 0 Å². The van der Waals surface area contributed by atoms with Gasteiger partial charge in [0, 0.05) is 5.92 Å². The second-order valence-corrected chi connectivity index (χ2v) is 3.21. The summed E-state index contributed by atoms with van der Waals surface area (Å²) < 4.78 is 10.8. The van der Waals surface area contributed by atoms with Crippen molar-refractivity contribution in [2.24, 2.45) is 5.92 Å². The fourth-order valence-corrected chi connectivity index (χ4v) is 1.10. The summed E-state index contributed by atoms with van der Waals surface area (Å²) in [5.41, 5.74) is 0. The highest BCUT2D eigenvalue weighted by molar-refractivity contribution is 4.64. The molecule has 0 aliphatic carbocycles. The molecule has 0 aromatic rings. The molecule has 3 nitrogen and oxygen atoms in total. The van der Waals surface area contributed by atoms with E-state index in [2.05, 4.69) is 0 Å². The molecule has 2 atom stereocenters. The highest BCUT2D eigenvalue weighted by atomic mass is 16.7. The van der Waals surface area contributed by atoms with Gasteiger partial charge in [0.2, 0.25) is 0 Å². The summed E-state index contributed by atoms with van der Waals surface area (Å²) in [5, 5.41) is 8.81. The Kier molecular flexibility index (Phi) is 3.30. The molecule has 0 radical (unpaired) electrons. The van der Waals surface area contributed by atoms with Gasteiger partial charge in [-0.15, -0.1) is 0 Å². The van der Waals surface area contributed by atoms with E-state index >= 15 is 0 Å². The third kappa shape index (κ3) is 2.43. The van der Waals surface area contributed by atoms with Crippen molar-refractivity contribution < 1.29 is 14.6 Å². The van der Waals surface area contributed by atoms with Crippen molar-refractivity contribution in [1.29, 1.82) is 0 Å². The first-order chi connectivity index (χ1) is 5.24. The van der Waals surface area contributed by atoms with Crippen LogP contribution in [0.15, 0.2) is 0 Å². The molecule has 1 aliphatic rings. The number of hydrogen-bond donors (Lipinski definition) is 1. The molecule has 11 heavy (non-hydrogen) atoms. The maximum absolute atomic E-state index is 8.81. The standard InChI is InChI=1S/C8H16O3/c1-6(2)8-10-4-3-7(5-9)11-8/h6-9H,3-5H2,1-2H3. The van der Waals surface area contributed by atoms with Gasteiger partial charge in [0.05, 0.1) is 19.3 Å². The van der Waals surface area contributed by atoms with E-state index in [1.165, 1.54) is 0 Å². The minimum atomic E-state index is -0.124. The summed E-state index contributed by atoms with van der Waals surface area (Å²) in [6.45, 7) is 4.90. The summed E-state index contributed by atoms with van der Waals surface area (Å²) in [6.07, 6.45) is 0.664. The first-order valence-electron chi connectivity index (χ1n) is 4.12. The lowest BCUT2D eigenvalue weighted by atomic mass is 10.2. The number of hydrogen-bond acceptors (Lipinski definition) is 3. The van der Waals surface area contributed by atoms with Crippen LogP contribution < -0.4 is 0 Å². The fourth-order valence-electron chi connectivity index (χ4n) is 1.10. The Morgan fingerprint density at radius 1 is 1.55 bits per heavy atom. The molecule has 1 saturated heterocycles. The maximum atomic E-state index is 8.81. The van der Waals surface area contributed by atoms with Gasteiger partial charge in [0.15, 0.2) is 6.29 Å². The van der Waals surface area contributed by atoms with Gasteiger partial charge in [-0.05, 0) is 6.42 Å². The average molecular weight is 160 g/mol. The van der Waals surface area contributed by atoms with Gasteiger partial charge in [0.1, 0.15) is 0 Å². The van der Waals surface area contributed by atoms with E-state index in [-0.39, 0.29) is 19.0 Å². The van der Waals surface area contributed by atoms with Gasteiger partial charge in [-0.1, -0.05) is 13.8 Å². The van der Waals surface area contributed by atoms with Crippen LogP contribution in [-0.2, 0) is 9.47 Å². The molecule has 0 amide bonds. The molecule has 0 spiro atoms. The van der Waals surface area contributed by atoms with Gasteiger partial charge in [-0.2, -0.15) is 0 Å². The lowest BCUT2D eigenvalue weighted by Crippen LogP contribution is -2.37. The number of ether oxygens (including phenoxy) is 2. The highest BCUT2D eigenvalue weighted by Crippen LogP contribution is 2.17. The Morgan fingerprint density at radius 2 is 2.27 bits per heavy atom. The highest BCUT2D eigenvalue weighted by Gasteiger charge is 2.24. The van der Waals surface area contributed by atoms with Crippen LogP contribution in [-0.4, -0.2) is 30.7 Å². The first kappa shape index (κ1) is 8.97. The molecular weight excluding hydrogens is 144 g/mol. The summed E-state index contributed by atoms with van der Waals surface area (Å²) in [5.74, 6) is 0.365. The van der Waals surface area contributed by atoms with Gasteiger partial charge >= 0.3 is 0 Å². The Morgan fingerprint density at radius 3 is 2.82 bits per heavy atom. The van der Waals surface area contributed by atoms with E-state index in [0.717, 1.165) is 6.42 Å². The first-order valence-corrected chi connectivity index (χ1v) is 4.12. The zero-order valence-electron chi connectivity index (χ0n) is 7.12. The predicted octanol–water partition coefficient (Wildman–Crippen LogP) is 0.766. The minimum absolute atomic E-state index is 0.0175.